The first kappa shape index (κ1) is 16.9. The van der Waals surface area contributed by atoms with Gasteiger partial charge in [0.2, 0.25) is 0 Å². The van der Waals surface area contributed by atoms with Crippen molar-refractivity contribution in [2.75, 3.05) is 12.4 Å². The number of carbonyl (C=O) groups is 1. The number of esters is 1. The second-order valence-electron chi connectivity index (χ2n) is 4.91. The number of methoxy groups -OCH3 is 1. The van der Waals surface area contributed by atoms with Crippen molar-refractivity contribution in [3.8, 4) is 0 Å². The number of anilines is 1. The molecule has 0 radical (unpaired) electrons. The highest BCUT2D eigenvalue weighted by atomic mass is 79.9. The maximum absolute atomic E-state index is 11.8. The van der Waals surface area contributed by atoms with E-state index in [4.69, 9.17) is 22.7 Å². The second kappa shape index (κ2) is 7.59. The molecular weight excluding hydrogens is 340 g/mol. The number of thiocarbonyl (C=S) groups is 1. The quantitative estimate of drug-likeness (QED) is 0.604. The third-order valence-electron chi connectivity index (χ3n) is 2.77. The highest BCUT2D eigenvalue weighted by Gasteiger charge is 2.20. The van der Waals surface area contributed by atoms with Crippen LogP contribution in [0.5, 0.6) is 0 Å². The Hall–Kier alpha value is -1.14. The van der Waals surface area contributed by atoms with E-state index in [0.29, 0.717) is 17.3 Å². The lowest BCUT2D eigenvalue weighted by Gasteiger charge is -2.20. The lowest BCUT2D eigenvalue weighted by Crippen LogP contribution is -2.32. The average molecular weight is 359 g/mol. The van der Waals surface area contributed by atoms with Crippen molar-refractivity contribution in [3.05, 3.63) is 28.2 Å². The van der Waals surface area contributed by atoms with Crippen LogP contribution >= 0.6 is 28.1 Å². The number of ether oxygens (including phenoxy) is 1. The number of nitrogens with one attached hydrogen (secondary N) is 1. The maximum atomic E-state index is 11.8. The van der Waals surface area contributed by atoms with E-state index in [9.17, 15) is 4.79 Å². The zero-order valence-corrected chi connectivity index (χ0v) is 14.2. The summed E-state index contributed by atoms with van der Waals surface area (Å²) in [7, 11) is 1.39. The summed E-state index contributed by atoms with van der Waals surface area (Å²) < 4.78 is 5.62. The molecule has 1 unspecified atom stereocenters. The lowest BCUT2D eigenvalue weighted by molar-refractivity contribution is -0.141. The molecule has 0 heterocycles. The van der Waals surface area contributed by atoms with Gasteiger partial charge in [-0.3, -0.25) is 0 Å². The highest BCUT2D eigenvalue weighted by molar-refractivity contribution is 9.10. The average Bonchev–Trinajstić information content (AvgIpc) is 2.36. The Kier molecular flexibility index (Phi) is 6.42. The van der Waals surface area contributed by atoms with Crippen molar-refractivity contribution in [1.29, 1.82) is 0 Å². The Bertz CT molecular complexity index is 506. The van der Waals surface area contributed by atoms with Crippen LogP contribution in [0.15, 0.2) is 22.7 Å². The van der Waals surface area contributed by atoms with E-state index >= 15 is 0 Å². The Balaban J connectivity index is 2.91. The van der Waals surface area contributed by atoms with Crippen LogP contribution in [0.3, 0.4) is 0 Å². The van der Waals surface area contributed by atoms with Gasteiger partial charge in [-0.2, -0.15) is 0 Å². The Labute approximate surface area is 133 Å². The fraction of sp³-hybridized carbons (Fsp3) is 0.429. The van der Waals surface area contributed by atoms with E-state index in [1.54, 1.807) is 0 Å². The fourth-order valence-corrected chi connectivity index (χ4v) is 2.74. The summed E-state index contributed by atoms with van der Waals surface area (Å²) in [6.07, 6.45) is 0.696. The number of benzene rings is 1. The molecule has 0 spiro atoms. The topological polar surface area (TPSA) is 64.3 Å². The van der Waals surface area contributed by atoms with E-state index in [1.165, 1.54) is 7.11 Å². The first-order valence-corrected chi connectivity index (χ1v) is 7.49. The maximum Gasteiger partial charge on any atom is 0.328 e. The standard InChI is InChI=1S/C14H19BrN2O2S/c1-8(2)6-12(14(18)19-3)17-9-4-5-10(13(16)20)11(15)7-9/h4-5,7-8,12,17H,6H2,1-3H3,(H2,16,20). The molecule has 0 saturated heterocycles. The minimum absolute atomic E-state index is 0.270. The van der Waals surface area contributed by atoms with Crippen molar-refractivity contribution in [2.24, 2.45) is 11.7 Å². The zero-order chi connectivity index (χ0) is 15.3. The largest absolute Gasteiger partial charge is 0.467 e. The predicted octanol–water partition coefficient (Wildman–Crippen LogP) is 3.08. The molecule has 4 nitrogen and oxygen atoms in total. The summed E-state index contributed by atoms with van der Waals surface area (Å²) in [6, 6.07) is 5.14. The van der Waals surface area contributed by atoms with Gasteiger partial charge in [-0.15, -0.1) is 0 Å². The fourth-order valence-electron chi connectivity index (χ4n) is 1.83. The second-order valence-corrected chi connectivity index (χ2v) is 6.20. The molecule has 0 amide bonds. The van der Waals surface area contributed by atoms with Crippen molar-refractivity contribution in [1.82, 2.24) is 0 Å². The van der Waals surface area contributed by atoms with Crippen LogP contribution < -0.4 is 11.1 Å². The summed E-state index contributed by atoms with van der Waals surface area (Å²) in [6.45, 7) is 4.12. The Morgan fingerprint density at radius 1 is 1.50 bits per heavy atom. The number of hydrogen-bond acceptors (Lipinski definition) is 4. The molecule has 3 N–H and O–H groups in total. The number of carbonyl (C=O) groups excluding carboxylic acids is 1. The van der Waals surface area contributed by atoms with Gasteiger partial charge in [0.25, 0.3) is 0 Å². The summed E-state index contributed by atoms with van der Waals surface area (Å²) in [5.74, 6) is 0.110. The molecule has 1 atom stereocenters. The monoisotopic (exact) mass is 358 g/mol. The van der Waals surface area contributed by atoms with E-state index < -0.39 is 0 Å². The molecule has 1 aromatic carbocycles. The van der Waals surface area contributed by atoms with Gasteiger partial charge in [0, 0.05) is 15.7 Å². The van der Waals surface area contributed by atoms with Gasteiger partial charge in [0.1, 0.15) is 11.0 Å². The number of rotatable bonds is 6. The van der Waals surface area contributed by atoms with Crippen LogP contribution in [-0.4, -0.2) is 24.1 Å². The Morgan fingerprint density at radius 3 is 2.60 bits per heavy atom. The molecule has 0 bridgehead atoms. The van der Waals surface area contributed by atoms with Crippen LogP contribution in [0.2, 0.25) is 0 Å². The van der Waals surface area contributed by atoms with Crippen molar-refractivity contribution in [3.63, 3.8) is 0 Å². The van der Waals surface area contributed by atoms with Gasteiger partial charge >= 0.3 is 5.97 Å². The van der Waals surface area contributed by atoms with Gasteiger partial charge in [0.05, 0.1) is 7.11 Å². The minimum Gasteiger partial charge on any atom is -0.467 e. The molecule has 1 rings (SSSR count). The normalized spacial score (nSPS) is 12.1. The molecule has 6 heteroatoms. The van der Waals surface area contributed by atoms with Crippen LogP contribution in [0, 0.1) is 5.92 Å². The Morgan fingerprint density at radius 2 is 2.15 bits per heavy atom. The SMILES string of the molecule is COC(=O)C(CC(C)C)Nc1ccc(C(N)=S)c(Br)c1. The molecule has 0 aliphatic heterocycles. The molecule has 0 fully saturated rings. The summed E-state index contributed by atoms with van der Waals surface area (Å²) in [4.78, 5) is 12.1. The van der Waals surface area contributed by atoms with E-state index in [0.717, 1.165) is 15.7 Å². The highest BCUT2D eigenvalue weighted by Crippen LogP contribution is 2.23. The number of hydrogen-bond donors (Lipinski definition) is 2. The van der Waals surface area contributed by atoms with Gasteiger partial charge in [-0.05, 0) is 46.5 Å². The van der Waals surface area contributed by atoms with Crippen molar-refractivity contribution < 1.29 is 9.53 Å². The van der Waals surface area contributed by atoms with Crippen LogP contribution in [-0.2, 0) is 9.53 Å². The smallest absolute Gasteiger partial charge is 0.328 e. The van der Waals surface area contributed by atoms with Gasteiger partial charge < -0.3 is 15.8 Å². The molecule has 110 valence electrons. The molecule has 0 aliphatic rings. The van der Waals surface area contributed by atoms with E-state index in [2.05, 4.69) is 35.1 Å². The molecule has 0 saturated carbocycles. The lowest BCUT2D eigenvalue weighted by atomic mass is 10.0. The zero-order valence-electron chi connectivity index (χ0n) is 11.8. The molecule has 0 aromatic heterocycles. The van der Waals surface area contributed by atoms with Gasteiger partial charge in [0.15, 0.2) is 0 Å². The molecule has 0 aliphatic carbocycles. The minimum atomic E-state index is -0.373. The summed E-state index contributed by atoms with van der Waals surface area (Å²) in [5.41, 5.74) is 7.19. The first-order chi connectivity index (χ1) is 9.35. The van der Waals surface area contributed by atoms with Gasteiger partial charge in [-0.25, -0.2) is 4.79 Å². The summed E-state index contributed by atoms with van der Waals surface area (Å²) in [5, 5.41) is 3.18. The first-order valence-electron chi connectivity index (χ1n) is 6.28. The number of halogens is 1. The molecule has 1 aromatic rings. The van der Waals surface area contributed by atoms with Crippen molar-refractivity contribution >= 4 is 44.8 Å². The third kappa shape index (κ3) is 4.76. The van der Waals surface area contributed by atoms with Crippen molar-refractivity contribution in [2.45, 2.75) is 26.3 Å². The molecule has 20 heavy (non-hydrogen) atoms. The van der Waals surface area contributed by atoms with Crippen LogP contribution in [0.4, 0.5) is 5.69 Å². The summed E-state index contributed by atoms with van der Waals surface area (Å²) >= 11 is 8.37. The van der Waals surface area contributed by atoms with Crippen LogP contribution in [0.1, 0.15) is 25.8 Å². The molecular formula is C14H19BrN2O2S. The third-order valence-corrected chi connectivity index (χ3v) is 3.64. The van der Waals surface area contributed by atoms with E-state index in [-0.39, 0.29) is 12.0 Å². The predicted molar refractivity (Wildman–Crippen MR) is 88.9 cm³/mol. The number of nitrogens with two attached hydrogens (primary N) is 1. The van der Waals surface area contributed by atoms with Gasteiger partial charge in [-0.1, -0.05) is 26.1 Å². The van der Waals surface area contributed by atoms with E-state index in [1.807, 2.05) is 18.2 Å². The van der Waals surface area contributed by atoms with Crippen LogP contribution in [0.25, 0.3) is 0 Å².